The van der Waals surface area contributed by atoms with E-state index in [1.807, 2.05) is 6.92 Å². The van der Waals surface area contributed by atoms with Crippen LogP contribution in [0.1, 0.15) is 64.7 Å². The van der Waals surface area contributed by atoms with Gasteiger partial charge in [-0.3, -0.25) is 4.79 Å². The van der Waals surface area contributed by atoms with Crippen molar-refractivity contribution in [1.82, 2.24) is 4.90 Å². The Morgan fingerprint density at radius 3 is 2.39 bits per heavy atom. The number of nitrogens with two attached hydrogens (primary N) is 1. The summed E-state index contributed by atoms with van der Waals surface area (Å²) in [6.07, 6.45) is 10.7. The summed E-state index contributed by atoms with van der Waals surface area (Å²) in [7, 11) is 0. The maximum absolute atomic E-state index is 12.1. The van der Waals surface area contributed by atoms with E-state index in [4.69, 9.17) is 5.73 Å². The van der Waals surface area contributed by atoms with Crippen LogP contribution in [0.3, 0.4) is 0 Å². The minimum atomic E-state index is 0.223. The van der Waals surface area contributed by atoms with Crippen LogP contribution in [0.2, 0.25) is 0 Å². The second kappa shape index (κ2) is 6.05. The second-order valence-electron chi connectivity index (χ2n) is 6.46. The predicted octanol–water partition coefficient (Wildman–Crippen LogP) is 2.69. The Morgan fingerprint density at radius 2 is 1.83 bits per heavy atom. The molecule has 0 aromatic heterocycles. The lowest BCUT2D eigenvalue weighted by molar-refractivity contribution is -0.133. The molecule has 1 unspecified atom stereocenters. The van der Waals surface area contributed by atoms with Gasteiger partial charge < -0.3 is 10.6 Å². The summed E-state index contributed by atoms with van der Waals surface area (Å²) in [5.74, 6) is 0.350. The first kappa shape index (κ1) is 13.9. The molecular formula is C15H28N2O. The first-order valence-electron chi connectivity index (χ1n) is 7.65. The molecule has 1 aliphatic carbocycles. The molecule has 0 aromatic rings. The summed E-state index contributed by atoms with van der Waals surface area (Å²) in [5, 5.41) is 0. The third kappa shape index (κ3) is 3.47. The molecule has 0 aromatic carbocycles. The fourth-order valence-electron chi connectivity index (χ4n) is 3.59. The first-order valence-corrected chi connectivity index (χ1v) is 7.65. The SMILES string of the molecule is CC(N)CCCC(=O)N1CCC2(CCCC2)CC1. The van der Waals surface area contributed by atoms with Crippen molar-refractivity contribution < 1.29 is 4.79 Å². The highest BCUT2D eigenvalue weighted by Crippen LogP contribution is 2.46. The molecule has 1 saturated heterocycles. The maximum atomic E-state index is 12.1. The zero-order valence-corrected chi connectivity index (χ0v) is 11.8. The number of piperidine rings is 1. The fourth-order valence-corrected chi connectivity index (χ4v) is 3.59. The number of hydrogen-bond acceptors (Lipinski definition) is 2. The van der Waals surface area contributed by atoms with Crippen LogP contribution in [0.4, 0.5) is 0 Å². The Balaban J connectivity index is 1.70. The molecule has 104 valence electrons. The van der Waals surface area contributed by atoms with E-state index in [-0.39, 0.29) is 6.04 Å². The van der Waals surface area contributed by atoms with Gasteiger partial charge in [-0.05, 0) is 50.9 Å². The number of carbonyl (C=O) groups is 1. The van der Waals surface area contributed by atoms with Crippen LogP contribution in [-0.4, -0.2) is 29.9 Å². The molecule has 0 radical (unpaired) electrons. The number of amides is 1. The van der Waals surface area contributed by atoms with Crippen LogP contribution in [-0.2, 0) is 4.79 Å². The van der Waals surface area contributed by atoms with Gasteiger partial charge in [0.15, 0.2) is 0 Å². The number of rotatable bonds is 4. The largest absolute Gasteiger partial charge is 0.343 e. The highest BCUT2D eigenvalue weighted by atomic mass is 16.2. The van der Waals surface area contributed by atoms with E-state index in [1.165, 1.54) is 38.5 Å². The Hall–Kier alpha value is -0.570. The third-order valence-electron chi connectivity index (χ3n) is 4.89. The average molecular weight is 252 g/mol. The van der Waals surface area contributed by atoms with Gasteiger partial charge in [-0.2, -0.15) is 0 Å². The molecule has 1 heterocycles. The van der Waals surface area contributed by atoms with Crippen LogP contribution in [0.15, 0.2) is 0 Å². The zero-order chi connectivity index (χ0) is 13.0. The van der Waals surface area contributed by atoms with Crippen molar-refractivity contribution in [1.29, 1.82) is 0 Å². The fraction of sp³-hybridized carbons (Fsp3) is 0.933. The van der Waals surface area contributed by atoms with Crippen LogP contribution in [0.5, 0.6) is 0 Å². The average Bonchev–Trinajstić information content (AvgIpc) is 2.78. The van der Waals surface area contributed by atoms with Gasteiger partial charge in [0.05, 0.1) is 0 Å². The molecule has 1 spiro atoms. The van der Waals surface area contributed by atoms with E-state index in [1.54, 1.807) is 0 Å². The summed E-state index contributed by atoms with van der Waals surface area (Å²) in [6, 6.07) is 0.223. The Morgan fingerprint density at radius 1 is 1.22 bits per heavy atom. The van der Waals surface area contributed by atoms with Crippen LogP contribution in [0, 0.1) is 5.41 Å². The summed E-state index contributed by atoms with van der Waals surface area (Å²) in [6.45, 7) is 4.00. The Labute approximate surface area is 111 Å². The molecular weight excluding hydrogens is 224 g/mol. The van der Waals surface area contributed by atoms with E-state index < -0.39 is 0 Å². The van der Waals surface area contributed by atoms with E-state index in [2.05, 4.69) is 4.90 Å². The topological polar surface area (TPSA) is 46.3 Å². The van der Waals surface area contributed by atoms with Crippen molar-refractivity contribution in [2.75, 3.05) is 13.1 Å². The number of nitrogens with zero attached hydrogens (tertiary/aromatic N) is 1. The quantitative estimate of drug-likeness (QED) is 0.836. The van der Waals surface area contributed by atoms with E-state index in [0.29, 0.717) is 17.7 Å². The molecule has 3 heteroatoms. The lowest BCUT2D eigenvalue weighted by atomic mass is 9.77. The molecule has 2 fully saturated rings. The van der Waals surface area contributed by atoms with Crippen LogP contribution < -0.4 is 5.73 Å². The van der Waals surface area contributed by atoms with E-state index in [0.717, 1.165) is 25.9 Å². The monoisotopic (exact) mass is 252 g/mol. The third-order valence-corrected chi connectivity index (χ3v) is 4.89. The molecule has 3 nitrogen and oxygen atoms in total. The lowest BCUT2D eigenvalue weighted by Gasteiger charge is -2.39. The van der Waals surface area contributed by atoms with Crippen molar-refractivity contribution in [3.05, 3.63) is 0 Å². The van der Waals surface area contributed by atoms with E-state index in [9.17, 15) is 4.79 Å². The molecule has 1 saturated carbocycles. The molecule has 2 rings (SSSR count). The normalized spacial score (nSPS) is 24.4. The minimum Gasteiger partial charge on any atom is -0.343 e. The highest BCUT2D eigenvalue weighted by Gasteiger charge is 2.37. The van der Waals surface area contributed by atoms with Gasteiger partial charge in [-0.15, -0.1) is 0 Å². The van der Waals surface area contributed by atoms with Crippen molar-refractivity contribution >= 4 is 5.91 Å². The van der Waals surface area contributed by atoms with Gasteiger partial charge >= 0.3 is 0 Å². The van der Waals surface area contributed by atoms with Gasteiger partial charge in [-0.1, -0.05) is 12.8 Å². The summed E-state index contributed by atoms with van der Waals surface area (Å²) >= 11 is 0. The Kier molecular flexibility index (Phi) is 4.66. The van der Waals surface area contributed by atoms with Crippen LogP contribution in [0.25, 0.3) is 0 Å². The highest BCUT2D eigenvalue weighted by molar-refractivity contribution is 5.76. The molecule has 18 heavy (non-hydrogen) atoms. The molecule has 2 aliphatic rings. The second-order valence-corrected chi connectivity index (χ2v) is 6.46. The molecule has 2 N–H and O–H groups in total. The smallest absolute Gasteiger partial charge is 0.222 e. The number of likely N-dealkylation sites (tertiary alicyclic amines) is 1. The maximum Gasteiger partial charge on any atom is 0.222 e. The van der Waals surface area contributed by atoms with Gasteiger partial charge in [0.25, 0.3) is 0 Å². The summed E-state index contributed by atoms with van der Waals surface area (Å²) in [4.78, 5) is 14.2. The lowest BCUT2D eigenvalue weighted by Crippen LogP contribution is -2.42. The standard InChI is InChI=1S/C15H28N2O/c1-13(16)5-4-6-14(18)17-11-9-15(10-12-17)7-2-3-8-15/h13H,2-12,16H2,1H3. The van der Waals surface area contributed by atoms with Crippen molar-refractivity contribution in [3.8, 4) is 0 Å². The summed E-state index contributed by atoms with van der Waals surface area (Å²) in [5.41, 5.74) is 6.32. The predicted molar refractivity (Wildman–Crippen MR) is 74.2 cm³/mol. The van der Waals surface area contributed by atoms with Gasteiger partial charge in [0.1, 0.15) is 0 Å². The van der Waals surface area contributed by atoms with Gasteiger partial charge in [-0.25, -0.2) is 0 Å². The molecule has 1 aliphatic heterocycles. The van der Waals surface area contributed by atoms with Gasteiger partial charge in [0, 0.05) is 25.6 Å². The van der Waals surface area contributed by atoms with Crippen molar-refractivity contribution in [3.63, 3.8) is 0 Å². The van der Waals surface area contributed by atoms with E-state index >= 15 is 0 Å². The molecule has 0 bridgehead atoms. The molecule has 1 atom stereocenters. The first-order chi connectivity index (χ1) is 8.61. The van der Waals surface area contributed by atoms with Gasteiger partial charge in [0.2, 0.25) is 5.91 Å². The van der Waals surface area contributed by atoms with Crippen molar-refractivity contribution in [2.24, 2.45) is 11.1 Å². The minimum absolute atomic E-state index is 0.223. The number of hydrogen-bond donors (Lipinski definition) is 1. The summed E-state index contributed by atoms with van der Waals surface area (Å²) < 4.78 is 0. The number of carbonyl (C=O) groups excluding carboxylic acids is 1. The zero-order valence-electron chi connectivity index (χ0n) is 11.8. The molecule has 1 amide bonds. The Bertz CT molecular complexity index is 272. The van der Waals surface area contributed by atoms with Crippen molar-refractivity contribution in [2.45, 2.75) is 70.8 Å². The van der Waals surface area contributed by atoms with Crippen LogP contribution >= 0.6 is 0 Å².